The predicted octanol–water partition coefficient (Wildman–Crippen LogP) is 6.76. The number of ether oxygens (including phenoxy) is 2. The van der Waals surface area contributed by atoms with Crippen molar-refractivity contribution >= 4 is 33.0 Å². The number of esters is 2. The molecule has 0 aliphatic heterocycles. The van der Waals surface area contributed by atoms with Crippen LogP contribution in [0.5, 0.6) is 0 Å². The van der Waals surface area contributed by atoms with E-state index in [1.54, 1.807) is 0 Å². The SMILES string of the molecule is C=CC(=O)OC1CC2CC1CC2C(=O)OCCC(F)(F)C(F)(F)S(=O)(=O)[O-].Fc1ccc([S+](c2ccccc2)c2ccccc2)cc1. The highest BCUT2D eigenvalue weighted by molar-refractivity contribution is 7.97. The average Bonchev–Trinajstić information content (AvgIpc) is 3.64. The van der Waals surface area contributed by atoms with Gasteiger partial charge in [-0.25, -0.2) is 17.6 Å². The zero-order valence-electron chi connectivity index (χ0n) is 24.8. The number of hydrogen-bond acceptors (Lipinski definition) is 7. The van der Waals surface area contributed by atoms with Gasteiger partial charge < -0.3 is 14.0 Å². The van der Waals surface area contributed by atoms with Gasteiger partial charge >= 0.3 is 23.1 Å². The first-order valence-electron chi connectivity index (χ1n) is 14.5. The normalized spacial score (nSPS) is 20.7. The molecule has 252 valence electrons. The van der Waals surface area contributed by atoms with Gasteiger partial charge in [0.05, 0.1) is 29.8 Å². The van der Waals surface area contributed by atoms with Crippen LogP contribution >= 0.6 is 0 Å². The Balaban J connectivity index is 0.000000221. The Bertz CT molecular complexity index is 1600. The van der Waals surface area contributed by atoms with Crippen molar-refractivity contribution in [3.8, 4) is 0 Å². The van der Waals surface area contributed by atoms with Crippen LogP contribution in [0.15, 0.2) is 112 Å². The first-order chi connectivity index (χ1) is 22.1. The van der Waals surface area contributed by atoms with Gasteiger partial charge in [0, 0.05) is 6.08 Å². The number of hydrogen-bond donors (Lipinski definition) is 0. The van der Waals surface area contributed by atoms with E-state index in [0.717, 1.165) is 11.0 Å². The summed E-state index contributed by atoms with van der Waals surface area (Å²) in [7, 11) is -6.76. The number of carbonyl (C=O) groups is 2. The molecule has 4 unspecified atom stereocenters. The van der Waals surface area contributed by atoms with Gasteiger partial charge in [-0.15, -0.1) is 0 Å². The van der Waals surface area contributed by atoms with E-state index in [2.05, 4.69) is 35.6 Å². The summed E-state index contributed by atoms with van der Waals surface area (Å²) in [6.45, 7) is 2.11. The fourth-order valence-electron chi connectivity index (χ4n) is 5.66. The van der Waals surface area contributed by atoms with Crippen molar-refractivity contribution in [3.63, 3.8) is 0 Å². The maximum absolute atomic E-state index is 13.3. The topological polar surface area (TPSA) is 110 Å². The lowest BCUT2D eigenvalue weighted by Crippen LogP contribution is -2.47. The molecule has 2 fully saturated rings. The second-order valence-corrected chi connectivity index (χ2v) is 14.4. The molecule has 14 heteroatoms. The molecular formula is C33H31F5O7S2. The van der Waals surface area contributed by atoms with Crippen LogP contribution in [0.3, 0.4) is 0 Å². The van der Waals surface area contributed by atoms with Crippen LogP contribution in [0.2, 0.25) is 0 Å². The largest absolute Gasteiger partial charge is 0.743 e. The minimum Gasteiger partial charge on any atom is -0.743 e. The highest BCUT2D eigenvalue weighted by Crippen LogP contribution is 2.50. The van der Waals surface area contributed by atoms with Gasteiger partial charge in [-0.05, 0) is 79.6 Å². The quantitative estimate of drug-likeness (QED) is 0.0716. The lowest BCUT2D eigenvalue weighted by molar-refractivity contribution is -0.177. The molecule has 3 aromatic carbocycles. The van der Waals surface area contributed by atoms with Crippen LogP contribution < -0.4 is 0 Å². The molecule has 4 atom stereocenters. The fourth-order valence-corrected chi connectivity index (χ4v) is 8.21. The summed E-state index contributed by atoms with van der Waals surface area (Å²) in [5.74, 6) is -7.79. The monoisotopic (exact) mass is 698 g/mol. The van der Waals surface area contributed by atoms with Crippen molar-refractivity contribution in [2.45, 2.75) is 57.7 Å². The summed E-state index contributed by atoms with van der Waals surface area (Å²) < 4.78 is 106. The van der Waals surface area contributed by atoms with Gasteiger partial charge in [-0.1, -0.05) is 43.0 Å². The lowest BCUT2D eigenvalue weighted by Gasteiger charge is -2.29. The maximum atomic E-state index is 13.3. The van der Waals surface area contributed by atoms with E-state index >= 15 is 0 Å². The van der Waals surface area contributed by atoms with E-state index in [4.69, 9.17) is 4.74 Å². The lowest BCUT2D eigenvalue weighted by atomic mass is 9.87. The number of halogens is 5. The molecule has 0 saturated heterocycles. The fraction of sp³-hybridized carbons (Fsp3) is 0.333. The molecular weight excluding hydrogens is 667 g/mol. The summed E-state index contributed by atoms with van der Waals surface area (Å²) in [5.41, 5.74) is 0. The Kier molecular flexibility index (Phi) is 11.5. The van der Waals surface area contributed by atoms with Crippen LogP contribution in [0.25, 0.3) is 0 Å². The number of alkyl halides is 4. The minimum atomic E-state index is -6.57. The Hall–Kier alpha value is -3.75. The summed E-state index contributed by atoms with van der Waals surface area (Å²) in [5, 5.41) is -5.80. The van der Waals surface area contributed by atoms with Crippen molar-refractivity contribution in [1.29, 1.82) is 0 Å². The van der Waals surface area contributed by atoms with E-state index in [1.165, 1.54) is 21.9 Å². The Morgan fingerprint density at radius 1 is 0.851 bits per heavy atom. The average molecular weight is 699 g/mol. The molecule has 0 N–H and O–H groups in total. The maximum Gasteiger partial charge on any atom is 0.396 e. The van der Waals surface area contributed by atoms with E-state index in [9.17, 15) is 44.5 Å². The zero-order valence-corrected chi connectivity index (χ0v) is 26.4. The van der Waals surface area contributed by atoms with Gasteiger partial charge in [0.2, 0.25) is 0 Å². The van der Waals surface area contributed by atoms with Gasteiger partial charge in [-0.3, -0.25) is 4.79 Å². The van der Waals surface area contributed by atoms with E-state index < -0.39 is 52.2 Å². The minimum absolute atomic E-state index is 0.104. The molecule has 0 amide bonds. The molecule has 0 radical (unpaired) electrons. The molecule has 47 heavy (non-hydrogen) atoms. The molecule has 3 aromatic rings. The number of rotatable bonds is 11. The molecule has 2 aliphatic rings. The zero-order chi connectivity index (χ0) is 34.4. The second-order valence-electron chi connectivity index (χ2n) is 11.0. The van der Waals surface area contributed by atoms with Crippen molar-refractivity contribution in [2.75, 3.05) is 6.61 Å². The summed E-state index contributed by atoms with van der Waals surface area (Å²) in [4.78, 5) is 26.8. The van der Waals surface area contributed by atoms with Crippen molar-refractivity contribution in [1.82, 2.24) is 0 Å². The smallest absolute Gasteiger partial charge is 0.396 e. The molecule has 0 aromatic heterocycles. The van der Waals surface area contributed by atoms with Gasteiger partial charge in [0.25, 0.3) is 0 Å². The molecule has 0 heterocycles. The number of fused-ring (bicyclic) bond motifs is 2. The standard InChI is InChI=1S/C18H14FS.C15H18F4O7S/c19-15-11-13-18(14-12-15)20(16-7-3-1-4-8-16)17-9-5-2-6-10-17;1-2-12(20)26-11-7-8-5-9(11)6-10(8)13(21)25-4-3-14(16,17)15(18,19)27(22,23)24/h1-14H;2,8-11H,1,3-7H2,(H,22,23,24)/q+1;/p-1. The van der Waals surface area contributed by atoms with Crippen LogP contribution in [0.4, 0.5) is 22.0 Å². The van der Waals surface area contributed by atoms with E-state index in [0.29, 0.717) is 19.3 Å². The van der Waals surface area contributed by atoms with Crippen molar-refractivity contribution in [3.05, 3.63) is 103 Å². The van der Waals surface area contributed by atoms with Crippen LogP contribution in [-0.2, 0) is 40.1 Å². The Labute approximate surface area is 271 Å². The van der Waals surface area contributed by atoms with Crippen molar-refractivity contribution in [2.24, 2.45) is 17.8 Å². The molecule has 2 saturated carbocycles. The van der Waals surface area contributed by atoms with Crippen LogP contribution in [0, 0.1) is 23.6 Å². The van der Waals surface area contributed by atoms with Gasteiger partial charge in [-0.2, -0.15) is 17.6 Å². The molecule has 2 aliphatic carbocycles. The Morgan fingerprint density at radius 3 is 1.85 bits per heavy atom. The predicted molar refractivity (Wildman–Crippen MR) is 161 cm³/mol. The number of carbonyl (C=O) groups excluding carboxylic acids is 2. The highest BCUT2D eigenvalue weighted by atomic mass is 32.2. The van der Waals surface area contributed by atoms with E-state index in [-0.39, 0.29) is 34.7 Å². The third kappa shape index (κ3) is 8.59. The van der Waals surface area contributed by atoms with Crippen LogP contribution in [-0.4, -0.2) is 48.8 Å². The van der Waals surface area contributed by atoms with Gasteiger partial charge in [0.15, 0.2) is 24.8 Å². The molecule has 5 rings (SSSR count). The Morgan fingerprint density at radius 2 is 1.38 bits per heavy atom. The summed E-state index contributed by atoms with van der Waals surface area (Å²) in [6, 6.07) is 27.5. The summed E-state index contributed by atoms with van der Waals surface area (Å²) in [6.07, 6.45) is 0.0584. The highest BCUT2D eigenvalue weighted by Gasteiger charge is 2.61. The molecule has 7 nitrogen and oxygen atoms in total. The molecule has 0 spiro atoms. The first-order valence-corrected chi connectivity index (χ1v) is 17.1. The summed E-state index contributed by atoms with van der Waals surface area (Å²) >= 11 is 0. The third-order valence-electron chi connectivity index (χ3n) is 7.94. The van der Waals surface area contributed by atoms with Crippen molar-refractivity contribution < 1.29 is 54.0 Å². The number of benzene rings is 3. The first kappa shape index (κ1) is 36.1. The second kappa shape index (κ2) is 15.0. The van der Waals surface area contributed by atoms with Gasteiger partial charge in [0.1, 0.15) is 11.9 Å². The molecule has 2 bridgehead atoms. The third-order valence-corrected chi connectivity index (χ3v) is 11.1. The van der Waals surface area contributed by atoms with E-state index in [1.807, 2.05) is 48.5 Å². The van der Waals surface area contributed by atoms with Crippen LogP contribution in [0.1, 0.15) is 25.7 Å².